The van der Waals surface area contributed by atoms with Gasteiger partial charge in [-0.15, -0.1) is 0 Å². The van der Waals surface area contributed by atoms with Crippen LogP contribution in [-0.4, -0.2) is 52.4 Å². The van der Waals surface area contributed by atoms with Crippen molar-refractivity contribution >= 4 is 22.7 Å². The van der Waals surface area contributed by atoms with Gasteiger partial charge >= 0.3 is 11.9 Å². The number of hydrogen-bond donors (Lipinski definition) is 4. The molecule has 0 radical (unpaired) electrons. The summed E-state index contributed by atoms with van der Waals surface area (Å²) in [5.41, 5.74) is 3.53. The van der Waals surface area contributed by atoms with Crippen LogP contribution in [0.4, 0.5) is 0 Å². The number of aromatic hydroxyl groups is 1. The Bertz CT molecular complexity index is 1250. The number of aryl methyl sites for hydroxylation is 2. The van der Waals surface area contributed by atoms with Gasteiger partial charge in [-0.05, 0) is 35.2 Å². The fourth-order valence-corrected chi connectivity index (χ4v) is 3.83. The molecule has 0 saturated carbocycles. The van der Waals surface area contributed by atoms with Crippen LogP contribution in [0.1, 0.15) is 12.0 Å². The van der Waals surface area contributed by atoms with E-state index in [1.165, 1.54) is 5.56 Å². The first kappa shape index (κ1) is 22.2. The summed E-state index contributed by atoms with van der Waals surface area (Å²) in [6.07, 6.45) is 0.369. The second kappa shape index (κ2) is 8.83. The molecular weight excluding hydrogens is 434 g/mol. The van der Waals surface area contributed by atoms with Crippen LogP contribution < -0.4 is 18.8 Å². The molecule has 3 aromatic rings. The lowest BCUT2D eigenvalue weighted by atomic mass is 9.95. The van der Waals surface area contributed by atoms with Gasteiger partial charge in [-0.2, -0.15) is 4.57 Å². The Balaban J connectivity index is 0.000000248. The quantitative estimate of drug-likeness (QED) is 0.431. The summed E-state index contributed by atoms with van der Waals surface area (Å²) in [6.45, 7) is 1.14. The molecule has 0 bridgehead atoms. The van der Waals surface area contributed by atoms with Crippen LogP contribution in [0.25, 0.3) is 22.0 Å². The zero-order valence-corrected chi connectivity index (χ0v) is 17.6. The molecule has 2 aliphatic heterocycles. The summed E-state index contributed by atoms with van der Waals surface area (Å²) in [4.78, 5) is 19.4. The van der Waals surface area contributed by atoms with Crippen molar-refractivity contribution < 1.29 is 48.8 Å². The molecule has 33 heavy (non-hydrogen) atoms. The second-order valence-electron chi connectivity index (χ2n) is 7.54. The monoisotopic (exact) mass is 456 g/mol. The van der Waals surface area contributed by atoms with Gasteiger partial charge in [0.2, 0.25) is 12.5 Å². The van der Waals surface area contributed by atoms with Crippen molar-refractivity contribution in [3.05, 3.63) is 42.1 Å². The molecule has 172 valence electrons. The van der Waals surface area contributed by atoms with Gasteiger partial charge in [-0.1, -0.05) is 0 Å². The first-order valence-corrected chi connectivity index (χ1v) is 10.1. The lowest BCUT2D eigenvalue weighted by molar-refractivity contribution is -0.686. The van der Waals surface area contributed by atoms with Gasteiger partial charge in [0, 0.05) is 12.5 Å². The Kier molecular flexibility index (Phi) is 5.93. The highest BCUT2D eigenvalue weighted by atomic mass is 16.7. The molecule has 3 heterocycles. The number of carbonyl (C=O) groups is 2. The number of methoxy groups -OCH3 is 1. The van der Waals surface area contributed by atoms with Crippen molar-refractivity contribution in [1.82, 2.24) is 0 Å². The Morgan fingerprint density at radius 1 is 1.15 bits per heavy atom. The molecule has 2 aromatic carbocycles. The fraction of sp³-hybridized carbons (Fsp3) is 0.261. The van der Waals surface area contributed by atoms with E-state index in [0.717, 1.165) is 46.5 Å². The largest absolute Gasteiger partial charge is 0.504 e. The van der Waals surface area contributed by atoms with Crippen LogP contribution in [0.5, 0.6) is 23.0 Å². The van der Waals surface area contributed by atoms with E-state index in [1.54, 1.807) is 13.2 Å². The van der Waals surface area contributed by atoms with E-state index in [4.69, 9.17) is 29.5 Å². The second-order valence-corrected chi connectivity index (χ2v) is 7.54. The number of carboxylic acid groups (broad SMARTS) is 2. The number of phenolic OH excluding ortho intramolecular Hbond substituents is 1. The number of ether oxygens (including phenoxy) is 3. The number of carboxylic acids is 2. The molecule has 5 rings (SSSR count). The number of aliphatic hydroxyl groups excluding tert-OH is 1. The maximum absolute atomic E-state index is 10.4. The molecule has 2 aliphatic rings. The minimum absolute atomic E-state index is 0.182. The Hall–Kier alpha value is -4.05. The molecule has 1 aromatic heterocycles. The highest BCUT2D eigenvalue weighted by Crippen LogP contribution is 2.41. The smallest absolute Gasteiger partial charge is 0.333 e. The lowest BCUT2D eigenvalue weighted by Gasteiger charge is -2.16. The molecule has 10 nitrogen and oxygen atoms in total. The van der Waals surface area contributed by atoms with Crippen LogP contribution in [0.2, 0.25) is 0 Å². The van der Waals surface area contributed by atoms with Gasteiger partial charge < -0.3 is 34.6 Å². The van der Waals surface area contributed by atoms with Crippen molar-refractivity contribution in [2.24, 2.45) is 0 Å². The minimum atomic E-state index is -1.79. The molecule has 0 aliphatic carbocycles. The van der Waals surface area contributed by atoms with Gasteiger partial charge in [0.15, 0.2) is 41.8 Å². The minimum Gasteiger partial charge on any atom is -0.504 e. The number of nitrogens with zero attached hydrogens (tertiary/aromatic N) is 1. The predicted molar refractivity (Wildman–Crippen MR) is 114 cm³/mol. The molecule has 10 heteroatoms. The Morgan fingerprint density at radius 2 is 1.88 bits per heavy atom. The SMILES string of the molecule is COc1ccc2cc3[n+](cc2c1O)CCc1cc2c(cc1-3)OCO2.O=C(O)CC(O)C(=O)O. The number of fused-ring (bicyclic) bond motifs is 5. The standard InChI is InChI=1S/C19H15NO4.C4H6O5/c1-22-16-3-2-11-6-15-13-8-18-17(23-10-24-18)7-12(13)4-5-20(15)9-14(11)19(16)21;5-2(4(8)9)1-3(6)7/h2-3,6-9H,4-5,10H2,1H3;2,5H,1H2,(H,6,7)(H,8,9)/p+1. The van der Waals surface area contributed by atoms with E-state index in [9.17, 15) is 14.7 Å². The van der Waals surface area contributed by atoms with Crippen molar-refractivity contribution in [2.45, 2.75) is 25.5 Å². The van der Waals surface area contributed by atoms with E-state index in [1.807, 2.05) is 12.3 Å². The summed E-state index contributed by atoms with van der Waals surface area (Å²) >= 11 is 0. The van der Waals surface area contributed by atoms with Gasteiger partial charge in [0.05, 0.1) is 24.5 Å². The third-order valence-corrected chi connectivity index (χ3v) is 5.47. The lowest BCUT2D eigenvalue weighted by Crippen LogP contribution is -2.39. The normalized spacial score (nSPS) is 13.9. The van der Waals surface area contributed by atoms with Crippen molar-refractivity contribution in [2.75, 3.05) is 13.9 Å². The molecule has 1 unspecified atom stereocenters. The van der Waals surface area contributed by atoms with Crippen LogP contribution >= 0.6 is 0 Å². The molecule has 0 saturated heterocycles. The Morgan fingerprint density at radius 3 is 2.52 bits per heavy atom. The number of rotatable bonds is 4. The van der Waals surface area contributed by atoms with E-state index >= 15 is 0 Å². The molecule has 0 amide bonds. The van der Waals surface area contributed by atoms with E-state index in [-0.39, 0.29) is 12.5 Å². The summed E-state index contributed by atoms with van der Waals surface area (Å²) in [6, 6.07) is 10.00. The van der Waals surface area contributed by atoms with Gasteiger partial charge in [-0.25, -0.2) is 4.79 Å². The fourth-order valence-electron chi connectivity index (χ4n) is 3.83. The topological polar surface area (TPSA) is 147 Å². The highest BCUT2D eigenvalue weighted by molar-refractivity contribution is 5.91. The zero-order chi connectivity index (χ0) is 23.7. The maximum atomic E-state index is 10.4. The number of aliphatic hydroxyl groups is 1. The van der Waals surface area contributed by atoms with Crippen LogP contribution in [0.15, 0.2) is 36.5 Å². The number of pyridine rings is 1. The van der Waals surface area contributed by atoms with E-state index < -0.39 is 24.5 Å². The summed E-state index contributed by atoms with van der Waals surface area (Å²) in [5.74, 6) is -0.558. The van der Waals surface area contributed by atoms with Crippen LogP contribution in [-0.2, 0) is 22.6 Å². The third-order valence-electron chi connectivity index (χ3n) is 5.47. The molecule has 4 N–H and O–H groups in total. The van der Waals surface area contributed by atoms with E-state index in [2.05, 4.69) is 22.8 Å². The molecule has 0 spiro atoms. The first-order valence-electron chi connectivity index (χ1n) is 10.1. The van der Waals surface area contributed by atoms with Crippen LogP contribution in [0.3, 0.4) is 0 Å². The molecule has 0 fully saturated rings. The van der Waals surface area contributed by atoms with Crippen LogP contribution in [0, 0.1) is 0 Å². The first-order chi connectivity index (χ1) is 15.8. The van der Waals surface area contributed by atoms with Gasteiger partial charge in [0.1, 0.15) is 0 Å². The predicted octanol–water partition coefficient (Wildman–Crippen LogP) is 1.70. The molecular formula is C23H22NO9+. The van der Waals surface area contributed by atoms with Crippen molar-refractivity contribution in [1.29, 1.82) is 0 Å². The third kappa shape index (κ3) is 4.33. The van der Waals surface area contributed by atoms with Gasteiger partial charge in [-0.3, -0.25) is 4.79 Å². The number of aliphatic carboxylic acids is 2. The number of phenols is 1. The number of hydrogen-bond acceptors (Lipinski definition) is 7. The van der Waals surface area contributed by atoms with E-state index in [0.29, 0.717) is 5.75 Å². The van der Waals surface area contributed by atoms with Crippen molar-refractivity contribution in [3.8, 4) is 34.3 Å². The zero-order valence-electron chi connectivity index (χ0n) is 17.6. The van der Waals surface area contributed by atoms with Gasteiger partial charge in [0.25, 0.3) is 0 Å². The summed E-state index contributed by atoms with van der Waals surface area (Å²) < 4.78 is 18.4. The summed E-state index contributed by atoms with van der Waals surface area (Å²) in [7, 11) is 1.56. The number of aromatic nitrogens is 1. The number of benzene rings is 2. The van der Waals surface area contributed by atoms with Crippen molar-refractivity contribution in [3.63, 3.8) is 0 Å². The highest BCUT2D eigenvalue weighted by Gasteiger charge is 2.28. The average Bonchev–Trinajstić information content (AvgIpc) is 3.24. The molecule has 1 atom stereocenters. The average molecular weight is 456 g/mol. The maximum Gasteiger partial charge on any atom is 0.333 e. The summed E-state index contributed by atoms with van der Waals surface area (Å²) in [5, 5.41) is 36.3. The Labute approximate surface area is 187 Å².